The molecular formula is C17H21N3O4. The average Bonchev–Trinajstić information content (AvgIpc) is 3.06. The Hall–Kier alpha value is -2.41. The molecule has 0 unspecified atom stereocenters. The minimum Gasteiger partial charge on any atom is -0.484 e. The van der Waals surface area contributed by atoms with Crippen LogP contribution in [0.4, 0.5) is 0 Å². The van der Waals surface area contributed by atoms with Crippen molar-refractivity contribution >= 4 is 5.91 Å². The van der Waals surface area contributed by atoms with Crippen molar-refractivity contribution < 1.29 is 18.7 Å². The van der Waals surface area contributed by atoms with Crippen molar-refractivity contribution in [1.82, 2.24) is 15.1 Å². The van der Waals surface area contributed by atoms with Gasteiger partial charge in [0.15, 0.2) is 6.61 Å². The Morgan fingerprint density at radius 2 is 2.12 bits per heavy atom. The topological polar surface area (TPSA) is 77.7 Å². The first-order chi connectivity index (χ1) is 11.7. The summed E-state index contributed by atoms with van der Waals surface area (Å²) in [7, 11) is 0. The van der Waals surface area contributed by atoms with Crippen LogP contribution in [-0.4, -0.2) is 47.4 Å². The number of hydrogen-bond donors (Lipinski definition) is 0. The van der Waals surface area contributed by atoms with Gasteiger partial charge in [-0.25, -0.2) is 0 Å². The van der Waals surface area contributed by atoms with Gasteiger partial charge in [-0.2, -0.15) is 0 Å². The molecule has 2 heterocycles. The molecule has 0 radical (unpaired) electrons. The van der Waals surface area contributed by atoms with Crippen LogP contribution in [0.5, 0.6) is 5.75 Å². The Balaban J connectivity index is 1.63. The number of aryl methyl sites for hydroxylation is 2. The molecule has 0 aliphatic carbocycles. The summed E-state index contributed by atoms with van der Waals surface area (Å²) in [6.45, 7) is 5.09. The first kappa shape index (κ1) is 16.4. The van der Waals surface area contributed by atoms with E-state index in [1.807, 2.05) is 24.3 Å². The summed E-state index contributed by atoms with van der Waals surface area (Å²) in [5.41, 5.74) is 1.23. The number of morpholine rings is 1. The van der Waals surface area contributed by atoms with Crippen molar-refractivity contribution in [2.45, 2.75) is 26.3 Å². The molecular weight excluding hydrogens is 310 g/mol. The summed E-state index contributed by atoms with van der Waals surface area (Å²) >= 11 is 0. The van der Waals surface area contributed by atoms with Crippen molar-refractivity contribution in [3.63, 3.8) is 0 Å². The fourth-order valence-corrected chi connectivity index (χ4v) is 2.60. The maximum Gasteiger partial charge on any atom is 0.261 e. The Morgan fingerprint density at radius 1 is 1.33 bits per heavy atom. The molecule has 1 aromatic heterocycles. The third-order valence-corrected chi connectivity index (χ3v) is 3.97. The molecule has 1 saturated heterocycles. The van der Waals surface area contributed by atoms with Crippen molar-refractivity contribution in [3.05, 3.63) is 41.6 Å². The second kappa shape index (κ2) is 7.44. The van der Waals surface area contributed by atoms with E-state index in [-0.39, 0.29) is 18.6 Å². The predicted molar refractivity (Wildman–Crippen MR) is 85.6 cm³/mol. The number of rotatable bonds is 5. The van der Waals surface area contributed by atoms with Gasteiger partial charge in [0.05, 0.1) is 13.2 Å². The Kier molecular flexibility index (Phi) is 5.10. The maximum absolute atomic E-state index is 12.5. The number of hydrogen-bond acceptors (Lipinski definition) is 6. The maximum atomic E-state index is 12.5. The molecule has 0 bridgehead atoms. The van der Waals surface area contributed by atoms with Gasteiger partial charge in [-0.1, -0.05) is 19.1 Å². The van der Waals surface area contributed by atoms with Crippen LogP contribution in [-0.2, 0) is 16.0 Å². The molecule has 0 N–H and O–H groups in total. The van der Waals surface area contributed by atoms with Gasteiger partial charge in [0.25, 0.3) is 5.91 Å². The highest BCUT2D eigenvalue weighted by atomic mass is 16.5. The normalized spacial score (nSPS) is 17.8. The largest absolute Gasteiger partial charge is 0.484 e. The molecule has 1 aliphatic rings. The molecule has 0 saturated carbocycles. The molecule has 1 amide bonds. The zero-order valence-electron chi connectivity index (χ0n) is 13.9. The fraction of sp³-hybridized carbons (Fsp3) is 0.471. The molecule has 24 heavy (non-hydrogen) atoms. The second-order valence-electron chi connectivity index (χ2n) is 5.62. The molecule has 0 spiro atoms. The van der Waals surface area contributed by atoms with E-state index in [4.69, 9.17) is 13.9 Å². The molecule has 1 atom stereocenters. The lowest BCUT2D eigenvalue weighted by molar-refractivity contribution is -0.143. The summed E-state index contributed by atoms with van der Waals surface area (Å²) in [6.07, 6.45) is 0.971. The van der Waals surface area contributed by atoms with Crippen molar-refractivity contribution in [3.8, 4) is 5.75 Å². The second-order valence-corrected chi connectivity index (χ2v) is 5.62. The zero-order chi connectivity index (χ0) is 16.9. The van der Waals surface area contributed by atoms with E-state index >= 15 is 0 Å². The Labute approximate surface area is 140 Å². The first-order valence-corrected chi connectivity index (χ1v) is 8.06. The Bertz CT molecular complexity index is 683. The minimum absolute atomic E-state index is 0.0326. The predicted octanol–water partition coefficient (Wildman–Crippen LogP) is 1.92. The van der Waals surface area contributed by atoms with E-state index in [0.29, 0.717) is 37.3 Å². The number of carbonyl (C=O) groups is 1. The van der Waals surface area contributed by atoms with Crippen molar-refractivity contribution in [1.29, 1.82) is 0 Å². The smallest absolute Gasteiger partial charge is 0.261 e. The van der Waals surface area contributed by atoms with Crippen LogP contribution in [0.2, 0.25) is 0 Å². The highest BCUT2D eigenvalue weighted by Crippen LogP contribution is 2.23. The molecule has 7 nitrogen and oxygen atoms in total. The van der Waals surface area contributed by atoms with Gasteiger partial charge in [-0.3, -0.25) is 4.79 Å². The average molecular weight is 331 g/mol. The van der Waals surface area contributed by atoms with Crippen LogP contribution in [0.1, 0.15) is 30.3 Å². The number of amides is 1. The summed E-state index contributed by atoms with van der Waals surface area (Å²) in [5.74, 6) is 1.42. The zero-order valence-corrected chi connectivity index (χ0v) is 13.9. The molecule has 1 fully saturated rings. The number of ether oxygens (including phenoxy) is 2. The third kappa shape index (κ3) is 3.73. The summed E-state index contributed by atoms with van der Waals surface area (Å²) < 4.78 is 16.5. The monoisotopic (exact) mass is 331 g/mol. The van der Waals surface area contributed by atoms with Gasteiger partial charge >= 0.3 is 0 Å². The Morgan fingerprint density at radius 3 is 2.79 bits per heavy atom. The quantitative estimate of drug-likeness (QED) is 0.833. The van der Waals surface area contributed by atoms with E-state index in [1.54, 1.807) is 11.8 Å². The molecule has 128 valence electrons. The SMILES string of the molecule is CCc1ccc(OCC(=O)N2CCOC[C@@H]2c2nnc(C)o2)cc1. The van der Waals surface area contributed by atoms with Crippen LogP contribution in [0.15, 0.2) is 28.7 Å². The summed E-state index contributed by atoms with van der Waals surface area (Å²) in [5, 5.41) is 7.83. The van der Waals surface area contributed by atoms with Crippen LogP contribution >= 0.6 is 0 Å². The van der Waals surface area contributed by atoms with E-state index in [1.165, 1.54) is 5.56 Å². The van der Waals surface area contributed by atoms with Gasteiger partial charge in [0, 0.05) is 13.5 Å². The van der Waals surface area contributed by atoms with Gasteiger partial charge in [-0.15, -0.1) is 10.2 Å². The number of benzene rings is 1. The van der Waals surface area contributed by atoms with Gasteiger partial charge < -0.3 is 18.8 Å². The van der Waals surface area contributed by atoms with Crippen LogP contribution in [0.25, 0.3) is 0 Å². The molecule has 7 heteroatoms. The van der Waals surface area contributed by atoms with Gasteiger partial charge in [0.1, 0.15) is 11.8 Å². The molecule has 1 aromatic carbocycles. The van der Waals surface area contributed by atoms with E-state index in [2.05, 4.69) is 17.1 Å². The van der Waals surface area contributed by atoms with Crippen molar-refractivity contribution in [2.24, 2.45) is 0 Å². The van der Waals surface area contributed by atoms with Crippen LogP contribution in [0, 0.1) is 6.92 Å². The first-order valence-electron chi connectivity index (χ1n) is 8.06. The lowest BCUT2D eigenvalue weighted by atomic mass is 10.2. The lowest BCUT2D eigenvalue weighted by Gasteiger charge is -2.33. The number of carbonyl (C=O) groups excluding carboxylic acids is 1. The minimum atomic E-state index is -0.362. The third-order valence-electron chi connectivity index (χ3n) is 3.97. The van der Waals surface area contributed by atoms with E-state index < -0.39 is 0 Å². The summed E-state index contributed by atoms with van der Waals surface area (Å²) in [4.78, 5) is 14.2. The highest BCUT2D eigenvalue weighted by molar-refractivity contribution is 5.78. The molecule has 1 aliphatic heterocycles. The van der Waals surface area contributed by atoms with Crippen molar-refractivity contribution in [2.75, 3.05) is 26.4 Å². The summed E-state index contributed by atoms with van der Waals surface area (Å²) in [6, 6.07) is 7.39. The van der Waals surface area contributed by atoms with Gasteiger partial charge in [0.2, 0.25) is 11.8 Å². The van der Waals surface area contributed by atoms with Gasteiger partial charge in [-0.05, 0) is 24.1 Å². The van der Waals surface area contributed by atoms with E-state index in [0.717, 1.165) is 6.42 Å². The van der Waals surface area contributed by atoms with E-state index in [9.17, 15) is 4.79 Å². The van der Waals surface area contributed by atoms with Crippen LogP contribution < -0.4 is 4.74 Å². The molecule has 3 rings (SSSR count). The molecule has 2 aromatic rings. The number of aromatic nitrogens is 2. The number of nitrogens with zero attached hydrogens (tertiary/aromatic N) is 3. The highest BCUT2D eigenvalue weighted by Gasteiger charge is 2.32. The van der Waals surface area contributed by atoms with Crippen LogP contribution in [0.3, 0.4) is 0 Å². The fourth-order valence-electron chi connectivity index (χ4n) is 2.60. The lowest BCUT2D eigenvalue weighted by Crippen LogP contribution is -2.45. The standard InChI is InChI=1S/C17H21N3O4/c1-3-13-4-6-14(7-5-13)23-11-16(21)20-8-9-22-10-15(20)17-19-18-12(2)24-17/h4-7,15H,3,8-11H2,1-2H3/t15-/m1/s1.